The van der Waals surface area contributed by atoms with Crippen molar-refractivity contribution < 1.29 is 29.6 Å². The van der Waals surface area contributed by atoms with Crippen LogP contribution in [0.2, 0.25) is 0 Å². The predicted octanol–water partition coefficient (Wildman–Crippen LogP) is 7.57. The fraction of sp³-hybridized carbons (Fsp3) is 0.556. The Morgan fingerprint density at radius 1 is 0.921 bits per heavy atom. The third kappa shape index (κ3) is 8.10. The summed E-state index contributed by atoms with van der Waals surface area (Å²) in [4.78, 5) is 27.1. The van der Waals surface area contributed by atoms with Crippen molar-refractivity contribution in [2.45, 2.75) is 120 Å². The number of aliphatic hydroxyl groups excluding tert-OH is 2. The smallest absolute Gasteiger partial charge is 0.160 e. The van der Waals surface area contributed by atoms with Gasteiger partial charge in [-0.05, 0) is 170 Å². The number of hydrogen-bond acceptors (Lipinski definition) is 9. The standard InChI is InChI=1S/C54H65N3O6/c1-63-48-24-36-11-13-49(61)54(18-15-34(25-50(54)62)40-21-38-8-9-39-23-43(59)28-46-53(39)52(38)41(22-40)30-57-46)17-14-32(45(36)29-47(48)60)10-12-42(58)27-44(37-16-19-56-51(55)26-37)35-7-6-31-4-2-3-5-33(31)20-35/h2-7,16,20,24,26,29,32,34,38-42,44,46,50,52-53,56-58,60,62H,8-13,15,18-19,21-23,25,27-28,30,55H2,1H3. The highest BCUT2D eigenvalue weighted by atomic mass is 16.5. The molecule has 4 saturated carbocycles. The van der Waals surface area contributed by atoms with Gasteiger partial charge in [-0.2, -0.15) is 0 Å². The number of piperidine rings is 1. The fourth-order valence-corrected chi connectivity index (χ4v) is 14.1. The number of phenols is 1. The molecular formula is C54H65N3O6. The van der Waals surface area contributed by atoms with Crippen molar-refractivity contribution in [2.24, 2.45) is 52.6 Å². The van der Waals surface area contributed by atoms with E-state index in [1.54, 1.807) is 6.07 Å². The molecule has 0 bridgehead atoms. The summed E-state index contributed by atoms with van der Waals surface area (Å²) in [5.74, 6) is 12.0. The van der Waals surface area contributed by atoms with E-state index >= 15 is 0 Å². The zero-order valence-electron chi connectivity index (χ0n) is 36.7. The summed E-state index contributed by atoms with van der Waals surface area (Å²) in [6.45, 7) is 1.61. The second-order valence-corrected chi connectivity index (χ2v) is 20.5. The molecule has 7 aliphatic rings. The van der Waals surface area contributed by atoms with Gasteiger partial charge in [0.05, 0.1) is 25.1 Å². The van der Waals surface area contributed by atoms with Gasteiger partial charge in [0.15, 0.2) is 17.3 Å². The lowest BCUT2D eigenvalue weighted by molar-refractivity contribution is -0.137. The van der Waals surface area contributed by atoms with Crippen LogP contribution in [0.5, 0.6) is 11.5 Å². The number of Topliss-reactive ketones (excluding diaryl/α,β-unsaturated/α-hetero) is 2. The molecule has 9 heteroatoms. The Morgan fingerprint density at radius 2 is 1.75 bits per heavy atom. The highest BCUT2D eigenvalue weighted by Gasteiger charge is 2.56. The van der Waals surface area contributed by atoms with Crippen molar-refractivity contribution in [1.82, 2.24) is 10.6 Å². The van der Waals surface area contributed by atoms with Gasteiger partial charge < -0.3 is 36.4 Å². The van der Waals surface area contributed by atoms with Crippen LogP contribution in [-0.2, 0) is 16.0 Å². The number of hydrogen-bond donors (Lipinski definition) is 6. The van der Waals surface area contributed by atoms with Crippen LogP contribution in [0.3, 0.4) is 0 Å². The first-order valence-electron chi connectivity index (χ1n) is 24.0. The average Bonchev–Trinajstić information content (AvgIpc) is 3.34. The number of rotatable bonds is 9. The minimum absolute atomic E-state index is 0.00294. The average molecular weight is 852 g/mol. The second kappa shape index (κ2) is 17.4. The predicted molar refractivity (Wildman–Crippen MR) is 245 cm³/mol. The molecule has 1 saturated heterocycles. The van der Waals surface area contributed by atoms with Crippen LogP contribution in [0.15, 0.2) is 78.1 Å². The molecule has 10 rings (SSSR count). The summed E-state index contributed by atoms with van der Waals surface area (Å²) in [7, 11) is 1.53. The molecule has 7 N–H and O–H groups in total. The number of aromatic hydroxyl groups is 1. The summed E-state index contributed by atoms with van der Waals surface area (Å²) < 4.78 is 5.54. The van der Waals surface area contributed by atoms with Crippen molar-refractivity contribution >= 4 is 22.3 Å². The van der Waals surface area contributed by atoms with Gasteiger partial charge in [-0.15, -0.1) is 0 Å². The molecule has 3 aromatic carbocycles. The zero-order valence-corrected chi connectivity index (χ0v) is 36.7. The molecule has 13 atom stereocenters. The number of carbonyl (C=O) groups excluding carboxylic acids is 2. The van der Waals surface area contributed by atoms with Crippen molar-refractivity contribution in [1.29, 1.82) is 0 Å². The Morgan fingerprint density at radius 3 is 2.57 bits per heavy atom. The maximum absolute atomic E-state index is 14.5. The van der Waals surface area contributed by atoms with Gasteiger partial charge in [0.1, 0.15) is 11.2 Å². The van der Waals surface area contributed by atoms with Crippen molar-refractivity contribution in [3.05, 3.63) is 94.8 Å². The number of benzene rings is 3. The first-order chi connectivity index (χ1) is 30.6. The maximum atomic E-state index is 14.5. The number of phenolic OH excluding ortho intramolecular Hbond substituents is 1. The molecule has 0 radical (unpaired) electrons. The molecule has 332 valence electrons. The lowest BCUT2D eigenvalue weighted by Gasteiger charge is -2.59. The highest BCUT2D eigenvalue weighted by Crippen LogP contribution is 2.58. The number of carbonyl (C=O) groups is 2. The van der Waals surface area contributed by atoms with Crippen LogP contribution in [0.1, 0.15) is 112 Å². The van der Waals surface area contributed by atoms with Crippen molar-refractivity contribution in [2.75, 3.05) is 20.2 Å². The zero-order chi connectivity index (χ0) is 43.4. The SMILES string of the molecule is COc1cc2c(cc1O)C(CCC(O)CC(C1=CCNC(N)=C1)c1ccc3ccccc3c1)C#CC1(CCC(C3CC4CCC5CC(=O)CC6NCC(C3)C4C56)CC1O)C(=O)CC2. The van der Waals surface area contributed by atoms with Crippen LogP contribution in [-0.4, -0.2) is 65.3 Å². The summed E-state index contributed by atoms with van der Waals surface area (Å²) in [6, 6.07) is 18.7. The molecule has 5 fully saturated rings. The third-order valence-corrected chi connectivity index (χ3v) is 17.2. The number of aryl methyl sites for hydroxylation is 1. The monoisotopic (exact) mass is 851 g/mol. The van der Waals surface area contributed by atoms with E-state index in [0.717, 1.165) is 65.3 Å². The van der Waals surface area contributed by atoms with Gasteiger partial charge in [0, 0.05) is 43.7 Å². The van der Waals surface area contributed by atoms with E-state index in [1.807, 2.05) is 24.3 Å². The Labute approximate surface area is 372 Å². The van der Waals surface area contributed by atoms with E-state index in [0.29, 0.717) is 116 Å². The third-order valence-electron chi connectivity index (χ3n) is 17.2. The Bertz CT molecular complexity index is 2350. The molecule has 2 aliphatic heterocycles. The molecule has 5 aliphatic carbocycles. The molecule has 13 unspecified atom stereocenters. The summed E-state index contributed by atoms with van der Waals surface area (Å²) in [5, 5.41) is 44.6. The lowest BCUT2D eigenvalue weighted by atomic mass is 9.49. The van der Waals surface area contributed by atoms with E-state index in [9.17, 15) is 24.9 Å². The summed E-state index contributed by atoms with van der Waals surface area (Å²) in [6.07, 6.45) is 12.9. The van der Waals surface area contributed by atoms with Gasteiger partial charge in [-0.25, -0.2) is 0 Å². The molecule has 0 aromatic heterocycles. The molecular weight excluding hydrogens is 787 g/mol. The summed E-state index contributed by atoms with van der Waals surface area (Å²) >= 11 is 0. The number of ether oxygens (including phenoxy) is 1. The van der Waals surface area contributed by atoms with E-state index in [2.05, 4.69) is 58.9 Å². The number of fused-ring (bicyclic) bond motifs is 2. The van der Waals surface area contributed by atoms with Gasteiger partial charge >= 0.3 is 0 Å². The molecule has 1 spiro atoms. The Balaban J connectivity index is 0.886. The minimum Gasteiger partial charge on any atom is -0.504 e. The summed E-state index contributed by atoms with van der Waals surface area (Å²) in [5.41, 5.74) is 9.05. The van der Waals surface area contributed by atoms with Crippen LogP contribution in [0.4, 0.5) is 0 Å². The molecule has 9 nitrogen and oxygen atoms in total. The number of methoxy groups -OCH3 is 1. The number of dihydropyridines is 1. The van der Waals surface area contributed by atoms with Gasteiger partial charge in [0.25, 0.3) is 0 Å². The Hall–Kier alpha value is -4.62. The molecule has 2 heterocycles. The van der Waals surface area contributed by atoms with E-state index in [4.69, 9.17) is 10.5 Å². The topological polar surface area (TPSA) is 154 Å². The van der Waals surface area contributed by atoms with Crippen molar-refractivity contribution in [3.63, 3.8) is 0 Å². The van der Waals surface area contributed by atoms with E-state index in [-0.39, 0.29) is 29.8 Å². The molecule has 0 amide bonds. The minimum atomic E-state index is -1.15. The Kier molecular flexibility index (Phi) is 11.7. The van der Waals surface area contributed by atoms with E-state index in [1.165, 1.54) is 20.0 Å². The number of aliphatic hydroxyl groups is 2. The number of nitrogens with two attached hydrogens (primary N) is 1. The molecule has 63 heavy (non-hydrogen) atoms. The number of allylic oxidation sites excluding steroid dienone is 2. The quantitative estimate of drug-likeness (QED) is 0.120. The maximum Gasteiger partial charge on any atom is 0.160 e. The highest BCUT2D eigenvalue weighted by molar-refractivity contribution is 5.89. The largest absolute Gasteiger partial charge is 0.504 e. The van der Waals surface area contributed by atoms with Crippen LogP contribution in [0, 0.1) is 58.7 Å². The van der Waals surface area contributed by atoms with Gasteiger partial charge in [-0.1, -0.05) is 60.4 Å². The number of nitrogens with one attached hydrogen (secondary N) is 2. The second-order valence-electron chi connectivity index (χ2n) is 20.5. The van der Waals surface area contributed by atoms with Crippen LogP contribution in [0.25, 0.3) is 10.8 Å². The molecule has 3 aromatic rings. The lowest BCUT2D eigenvalue weighted by Crippen LogP contribution is -2.61. The van der Waals surface area contributed by atoms with E-state index < -0.39 is 17.6 Å². The first kappa shape index (κ1) is 42.3. The van der Waals surface area contributed by atoms with Gasteiger partial charge in [-0.3, -0.25) is 9.59 Å². The fourth-order valence-electron chi connectivity index (χ4n) is 14.1. The first-order valence-corrected chi connectivity index (χ1v) is 24.0. The normalized spacial score (nSPS) is 34.7. The number of ketones is 2. The van der Waals surface area contributed by atoms with Crippen molar-refractivity contribution in [3.8, 4) is 23.3 Å². The van der Waals surface area contributed by atoms with Crippen LogP contribution < -0.4 is 21.1 Å². The van der Waals surface area contributed by atoms with Gasteiger partial charge in [0.2, 0.25) is 0 Å². The van der Waals surface area contributed by atoms with Crippen LogP contribution >= 0.6 is 0 Å².